The molecule has 0 N–H and O–H groups in total. The normalized spacial score (nSPS) is 19.4. The molecular formula is C14H25NO. The lowest BCUT2D eigenvalue weighted by atomic mass is 9.78. The number of likely N-dealkylation sites (N-methyl/N-ethyl adjacent to an activating group) is 1. The van der Waals surface area contributed by atoms with Crippen molar-refractivity contribution < 1.29 is 4.79 Å². The average Bonchev–Trinajstić information content (AvgIpc) is 2.26. The molecule has 92 valence electrons. The Balaban J connectivity index is 3.26. The van der Waals surface area contributed by atoms with Crippen molar-refractivity contribution in [2.45, 2.75) is 47.5 Å². The third-order valence-electron chi connectivity index (χ3n) is 3.31. The smallest absolute Gasteiger partial charge is 0.249 e. The van der Waals surface area contributed by atoms with Crippen LogP contribution in [0.3, 0.4) is 0 Å². The number of rotatable bonds is 1. The van der Waals surface area contributed by atoms with E-state index in [0.29, 0.717) is 5.92 Å². The predicted molar refractivity (Wildman–Crippen MR) is 68.2 cm³/mol. The highest BCUT2D eigenvalue weighted by atomic mass is 16.2. The Bertz CT molecular complexity index is 307. The molecule has 0 fully saturated rings. The van der Waals surface area contributed by atoms with Gasteiger partial charge in [-0.05, 0) is 24.2 Å². The predicted octanol–water partition coefficient (Wildman–Crippen LogP) is 3.24. The van der Waals surface area contributed by atoms with E-state index in [0.717, 1.165) is 25.0 Å². The second-order valence-corrected chi connectivity index (χ2v) is 6.13. The van der Waals surface area contributed by atoms with Crippen LogP contribution in [0.1, 0.15) is 47.5 Å². The summed E-state index contributed by atoms with van der Waals surface area (Å²) in [6.45, 7) is 11.8. The zero-order valence-electron chi connectivity index (χ0n) is 11.6. The molecule has 0 atom stereocenters. The number of nitrogens with zero attached hydrogens (tertiary/aromatic N) is 1. The first-order chi connectivity index (χ1) is 7.25. The molecule has 1 rings (SSSR count). The van der Waals surface area contributed by atoms with Gasteiger partial charge in [0.1, 0.15) is 0 Å². The fourth-order valence-corrected chi connectivity index (χ4v) is 2.44. The van der Waals surface area contributed by atoms with E-state index in [1.54, 1.807) is 0 Å². The van der Waals surface area contributed by atoms with Crippen LogP contribution >= 0.6 is 0 Å². The van der Waals surface area contributed by atoms with Crippen LogP contribution in [-0.2, 0) is 4.79 Å². The largest absolute Gasteiger partial charge is 0.342 e. The molecule has 1 aliphatic heterocycles. The van der Waals surface area contributed by atoms with Crippen LogP contribution in [0.4, 0.5) is 0 Å². The molecule has 1 amide bonds. The van der Waals surface area contributed by atoms with Gasteiger partial charge in [0, 0.05) is 19.2 Å². The minimum Gasteiger partial charge on any atom is -0.342 e. The van der Waals surface area contributed by atoms with Crippen molar-refractivity contribution >= 4 is 5.91 Å². The topological polar surface area (TPSA) is 20.3 Å². The first-order valence-electron chi connectivity index (χ1n) is 6.24. The van der Waals surface area contributed by atoms with Crippen molar-refractivity contribution in [2.75, 3.05) is 13.6 Å². The van der Waals surface area contributed by atoms with Gasteiger partial charge in [-0.15, -0.1) is 0 Å². The summed E-state index contributed by atoms with van der Waals surface area (Å²) in [4.78, 5) is 14.2. The lowest BCUT2D eigenvalue weighted by Crippen LogP contribution is -2.30. The lowest BCUT2D eigenvalue weighted by molar-refractivity contribution is -0.126. The van der Waals surface area contributed by atoms with Gasteiger partial charge in [0.15, 0.2) is 0 Å². The van der Waals surface area contributed by atoms with Crippen molar-refractivity contribution in [3.63, 3.8) is 0 Å². The van der Waals surface area contributed by atoms with Crippen molar-refractivity contribution in [3.05, 3.63) is 11.1 Å². The van der Waals surface area contributed by atoms with Crippen LogP contribution in [0, 0.1) is 11.3 Å². The van der Waals surface area contributed by atoms with Crippen molar-refractivity contribution in [3.8, 4) is 0 Å². The van der Waals surface area contributed by atoms with Gasteiger partial charge in [-0.25, -0.2) is 0 Å². The highest BCUT2D eigenvalue weighted by Gasteiger charge is 2.30. The molecule has 0 aromatic heterocycles. The van der Waals surface area contributed by atoms with Crippen LogP contribution in [0.15, 0.2) is 11.1 Å². The summed E-state index contributed by atoms with van der Waals surface area (Å²) in [6, 6.07) is 0. The molecule has 2 heteroatoms. The molecule has 16 heavy (non-hydrogen) atoms. The Hall–Kier alpha value is -0.790. The molecule has 0 spiro atoms. The van der Waals surface area contributed by atoms with E-state index in [9.17, 15) is 4.79 Å². The Morgan fingerprint density at radius 3 is 2.25 bits per heavy atom. The SMILES string of the molecule is CC(C)C1=C(C(C)(C)C)CCCN(C)C1=O. The molecular weight excluding hydrogens is 198 g/mol. The maximum absolute atomic E-state index is 12.3. The fourth-order valence-electron chi connectivity index (χ4n) is 2.44. The van der Waals surface area contributed by atoms with Crippen molar-refractivity contribution in [1.29, 1.82) is 0 Å². The Kier molecular flexibility index (Phi) is 3.82. The molecule has 0 aromatic carbocycles. The van der Waals surface area contributed by atoms with Crippen molar-refractivity contribution in [1.82, 2.24) is 4.90 Å². The van der Waals surface area contributed by atoms with E-state index in [2.05, 4.69) is 34.6 Å². The molecule has 2 nitrogen and oxygen atoms in total. The third kappa shape index (κ3) is 2.66. The van der Waals surface area contributed by atoms with Crippen molar-refractivity contribution in [2.24, 2.45) is 11.3 Å². The van der Waals surface area contributed by atoms with Crippen LogP contribution < -0.4 is 0 Å². The number of carbonyl (C=O) groups excluding carboxylic acids is 1. The Labute approximate surface area is 99.7 Å². The maximum atomic E-state index is 12.3. The minimum atomic E-state index is 0.112. The second kappa shape index (κ2) is 4.60. The molecule has 0 aromatic rings. The van der Waals surface area contributed by atoms with E-state index < -0.39 is 0 Å². The highest BCUT2D eigenvalue weighted by Crippen LogP contribution is 2.36. The highest BCUT2D eigenvalue weighted by molar-refractivity contribution is 5.95. The molecule has 0 unspecified atom stereocenters. The van der Waals surface area contributed by atoms with Gasteiger partial charge in [0.25, 0.3) is 0 Å². The fraction of sp³-hybridized carbons (Fsp3) is 0.786. The zero-order chi connectivity index (χ0) is 12.5. The van der Waals surface area contributed by atoms with Gasteiger partial charge >= 0.3 is 0 Å². The number of amides is 1. The molecule has 0 saturated carbocycles. The van der Waals surface area contributed by atoms with Gasteiger partial charge in [-0.1, -0.05) is 40.2 Å². The number of hydrogen-bond acceptors (Lipinski definition) is 1. The first kappa shape index (κ1) is 13.3. The molecule has 1 aliphatic rings. The second-order valence-electron chi connectivity index (χ2n) is 6.13. The van der Waals surface area contributed by atoms with Gasteiger partial charge in [-0.3, -0.25) is 4.79 Å². The number of carbonyl (C=O) groups is 1. The summed E-state index contributed by atoms with van der Waals surface area (Å²) in [5.74, 6) is 0.555. The van der Waals surface area contributed by atoms with Crippen LogP contribution in [0.25, 0.3) is 0 Å². The Morgan fingerprint density at radius 1 is 1.25 bits per heavy atom. The summed E-state index contributed by atoms with van der Waals surface area (Å²) in [5, 5.41) is 0. The van der Waals surface area contributed by atoms with Gasteiger partial charge in [-0.2, -0.15) is 0 Å². The summed E-state index contributed by atoms with van der Waals surface area (Å²) in [7, 11) is 1.91. The monoisotopic (exact) mass is 223 g/mol. The van der Waals surface area contributed by atoms with Gasteiger partial charge < -0.3 is 4.90 Å². The molecule has 0 radical (unpaired) electrons. The van der Waals surface area contributed by atoms with E-state index in [-0.39, 0.29) is 11.3 Å². The number of hydrogen-bond donors (Lipinski definition) is 0. The summed E-state index contributed by atoms with van der Waals surface area (Å²) < 4.78 is 0. The Morgan fingerprint density at radius 2 is 1.81 bits per heavy atom. The first-order valence-corrected chi connectivity index (χ1v) is 6.24. The molecule has 0 aliphatic carbocycles. The van der Waals surface area contributed by atoms with E-state index >= 15 is 0 Å². The quantitative estimate of drug-likeness (QED) is 0.668. The van der Waals surface area contributed by atoms with Gasteiger partial charge in [0.2, 0.25) is 5.91 Å². The molecule has 1 heterocycles. The van der Waals surface area contributed by atoms with E-state index in [1.807, 2.05) is 11.9 Å². The van der Waals surface area contributed by atoms with Crippen LogP contribution in [0.5, 0.6) is 0 Å². The average molecular weight is 223 g/mol. The van der Waals surface area contributed by atoms with Gasteiger partial charge in [0.05, 0.1) is 0 Å². The number of allylic oxidation sites excluding steroid dienone is 1. The lowest BCUT2D eigenvalue weighted by Gasteiger charge is -2.27. The summed E-state index contributed by atoms with van der Waals surface area (Å²) in [5.41, 5.74) is 2.52. The van der Waals surface area contributed by atoms with E-state index in [4.69, 9.17) is 0 Å². The zero-order valence-corrected chi connectivity index (χ0v) is 11.6. The molecule has 0 bridgehead atoms. The van der Waals surface area contributed by atoms with Crippen LogP contribution in [-0.4, -0.2) is 24.4 Å². The van der Waals surface area contributed by atoms with Crippen LogP contribution in [0.2, 0.25) is 0 Å². The summed E-state index contributed by atoms with van der Waals surface area (Å²) >= 11 is 0. The summed E-state index contributed by atoms with van der Waals surface area (Å²) in [6.07, 6.45) is 2.15. The standard InChI is InChI=1S/C14H25NO/c1-10(2)12-11(14(3,4)5)8-7-9-15(6)13(12)16/h10H,7-9H2,1-6H3. The minimum absolute atomic E-state index is 0.112. The molecule has 0 saturated heterocycles. The third-order valence-corrected chi connectivity index (χ3v) is 3.31. The van der Waals surface area contributed by atoms with E-state index in [1.165, 1.54) is 5.57 Å². The maximum Gasteiger partial charge on any atom is 0.249 e.